The highest BCUT2D eigenvalue weighted by Crippen LogP contribution is 2.32. The average molecular weight is 399 g/mol. The molecule has 146 valence electrons. The molecule has 2 aromatic carbocycles. The van der Waals surface area contributed by atoms with Crippen molar-refractivity contribution in [1.29, 1.82) is 0 Å². The van der Waals surface area contributed by atoms with Gasteiger partial charge in [0.2, 0.25) is 5.91 Å². The molecule has 1 heterocycles. The van der Waals surface area contributed by atoms with Gasteiger partial charge < -0.3 is 15.0 Å². The average Bonchev–Trinajstić information content (AvgIpc) is 3.15. The van der Waals surface area contributed by atoms with Crippen LogP contribution < -0.4 is 5.32 Å². The molecule has 1 amide bonds. The highest BCUT2D eigenvalue weighted by molar-refractivity contribution is 8.00. The van der Waals surface area contributed by atoms with Gasteiger partial charge in [-0.3, -0.25) is 4.79 Å². The first-order chi connectivity index (χ1) is 13.7. The van der Waals surface area contributed by atoms with Crippen molar-refractivity contribution in [2.24, 2.45) is 0 Å². The fourth-order valence-corrected chi connectivity index (χ4v) is 3.47. The number of aromatic amines is 1. The zero-order chi connectivity index (χ0) is 19.8. The van der Waals surface area contributed by atoms with Crippen molar-refractivity contribution in [3.05, 3.63) is 60.4 Å². The molecule has 1 aromatic heterocycles. The molecule has 0 aliphatic heterocycles. The summed E-state index contributed by atoms with van der Waals surface area (Å²) in [5.74, 6) is 0.606. The largest absolute Gasteiger partial charge is 0.385 e. The predicted molar refractivity (Wildman–Crippen MR) is 110 cm³/mol. The number of hydrogen-bond donors (Lipinski definition) is 2. The van der Waals surface area contributed by atoms with E-state index in [1.807, 2.05) is 30.3 Å². The number of rotatable bonds is 9. The van der Waals surface area contributed by atoms with Crippen LogP contribution in [-0.4, -0.2) is 41.9 Å². The van der Waals surface area contributed by atoms with Crippen molar-refractivity contribution in [2.75, 3.05) is 26.0 Å². The minimum Gasteiger partial charge on any atom is -0.385 e. The molecule has 0 radical (unpaired) electrons. The zero-order valence-corrected chi connectivity index (χ0v) is 16.4. The van der Waals surface area contributed by atoms with Crippen molar-refractivity contribution >= 4 is 17.7 Å². The second-order valence-electron chi connectivity index (χ2n) is 6.12. The lowest BCUT2D eigenvalue weighted by Crippen LogP contribution is -2.26. The van der Waals surface area contributed by atoms with Crippen LogP contribution in [0.2, 0.25) is 0 Å². The van der Waals surface area contributed by atoms with E-state index in [9.17, 15) is 9.18 Å². The van der Waals surface area contributed by atoms with E-state index in [2.05, 4.69) is 15.3 Å². The van der Waals surface area contributed by atoms with Gasteiger partial charge in [-0.2, -0.15) is 0 Å². The van der Waals surface area contributed by atoms with Crippen molar-refractivity contribution < 1.29 is 13.9 Å². The lowest BCUT2D eigenvalue weighted by Gasteiger charge is -2.05. The summed E-state index contributed by atoms with van der Waals surface area (Å²) in [6.07, 6.45) is 0.772. The van der Waals surface area contributed by atoms with Crippen molar-refractivity contribution in [3.63, 3.8) is 0 Å². The van der Waals surface area contributed by atoms with Crippen LogP contribution >= 0.6 is 11.8 Å². The lowest BCUT2D eigenvalue weighted by molar-refractivity contribution is -0.118. The predicted octanol–water partition coefficient (Wildman–Crippen LogP) is 4.13. The van der Waals surface area contributed by atoms with E-state index in [1.165, 1.54) is 23.9 Å². The number of imidazole rings is 1. The summed E-state index contributed by atoms with van der Waals surface area (Å²) in [7, 11) is 1.64. The number of carbonyl (C=O) groups is 1. The Morgan fingerprint density at radius 1 is 1.14 bits per heavy atom. The molecule has 3 aromatic rings. The third kappa shape index (κ3) is 5.43. The monoisotopic (exact) mass is 399 g/mol. The van der Waals surface area contributed by atoms with E-state index in [4.69, 9.17) is 4.74 Å². The molecule has 28 heavy (non-hydrogen) atoms. The molecule has 0 unspecified atom stereocenters. The zero-order valence-electron chi connectivity index (χ0n) is 15.6. The summed E-state index contributed by atoms with van der Waals surface area (Å²) in [5, 5.41) is 3.57. The Labute approximate surface area is 167 Å². The van der Waals surface area contributed by atoms with Gasteiger partial charge in [0.25, 0.3) is 0 Å². The van der Waals surface area contributed by atoms with Crippen LogP contribution in [0.25, 0.3) is 22.6 Å². The molecular weight excluding hydrogens is 377 g/mol. The molecule has 0 atom stereocenters. The number of ether oxygens (including phenoxy) is 1. The molecule has 0 aliphatic rings. The van der Waals surface area contributed by atoms with E-state index in [0.29, 0.717) is 24.0 Å². The molecule has 5 nitrogen and oxygen atoms in total. The molecule has 0 saturated heterocycles. The third-order valence-electron chi connectivity index (χ3n) is 4.04. The van der Waals surface area contributed by atoms with Crippen molar-refractivity contribution in [3.8, 4) is 22.6 Å². The molecule has 0 spiro atoms. The molecule has 0 fully saturated rings. The highest BCUT2D eigenvalue weighted by Gasteiger charge is 2.15. The van der Waals surface area contributed by atoms with E-state index in [0.717, 1.165) is 23.2 Å². The first-order valence-corrected chi connectivity index (χ1v) is 9.95. The van der Waals surface area contributed by atoms with Crippen LogP contribution in [0.1, 0.15) is 6.42 Å². The van der Waals surface area contributed by atoms with Gasteiger partial charge in [-0.1, -0.05) is 42.1 Å². The van der Waals surface area contributed by atoms with Gasteiger partial charge in [-0.25, -0.2) is 9.37 Å². The number of benzene rings is 2. The van der Waals surface area contributed by atoms with Crippen molar-refractivity contribution in [2.45, 2.75) is 11.4 Å². The number of halogens is 1. The van der Waals surface area contributed by atoms with Crippen LogP contribution in [-0.2, 0) is 9.53 Å². The smallest absolute Gasteiger partial charge is 0.230 e. The third-order valence-corrected chi connectivity index (χ3v) is 5.01. The SMILES string of the molecule is COCCCNC(=O)CSc1nc(-c2ccccc2)[nH]c1-c1ccc(F)cc1. The Morgan fingerprint density at radius 3 is 2.61 bits per heavy atom. The molecule has 3 rings (SSSR count). The minimum absolute atomic E-state index is 0.0598. The van der Waals surface area contributed by atoms with Crippen LogP contribution in [0.4, 0.5) is 4.39 Å². The van der Waals surface area contributed by atoms with Crippen LogP contribution in [0.3, 0.4) is 0 Å². The maximum absolute atomic E-state index is 13.3. The van der Waals surface area contributed by atoms with Crippen LogP contribution in [0.15, 0.2) is 59.6 Å². The van der Waals surface area contributed by atoms with E-state index in [-0.39, 0.29) is 17.5 Å². The van der Waals surface area contributed by atoms with Gasteiger partial charge in [0.05, 0.1) is 11.4 Å². The van der Waals surface area contributed by atoms with E-state index < -0.39 is 0 Å². The number of aromatic nitrogens is 2. The van der Waals surface area contributed by atoms with Crippen LogP contribution in [0.5, 0.6) is 0 Å². The summed E-state index contributed by atoms with van der Waals surface area (Å²) < 4.78 is 18.3. The van der Waals surface area contributed by atoms with Gasteiger partial charge >= 0.3 is 0 Å². The fraction of sp³-hybridized carbons (Fsp3) is 0.238. The Morgan fingerprint density at radius 2 is 1.89 bits per heavy atom. The van der Waals surface area contributed by atoms with E-state index in [1.54, 1.807) is 19.2 Å². The number of nitrogens with zero attached hydrogens (tertiary/aromatic N) is 1. The molecule has 0 saturated carbocycles. The Balaban J connectivity index is 1.77. The minimum atomic E-state index is -0.295. The summed E-state index contributed by atoms with van der Waals surface area (Å²) in [5.41, 5.74) is 2.54. The van der Waals surface area contributed by atoms with Crippen molar-refractivity contribution in [1.82, 2.24) is 15.3 Å². The maximum Gasteiger partial charge on any atom is 0.230 e. The number of hydrogen-bond acceptors (Lipinski definition) is 4. The number of methoxy groups -OCH3 is 1. The quantitative estimate of drug-likeness (QED) is 0.419. The summed E-state index contributed by atoms with van der Waals surface area (Å²) in [4.78, 5) is 20.1. The first-order valence-electron chi connectivity index (χ1n) is 8.97. The number of thioether (sulfide) groups is 1. The summed E-state index contributed by atoms with van der Waals surface area (Å²) in [6.45, 7) is 1.19. The van der Waals surface area contributed by atoms with Gasteiger partial charge in [0.1, 0.15) is 16.7 Å². The van der Waals surface area contributed by atoms with E-state index >= 15 is 0 Å². The standard InChI is InChI=1S/C21H22FN3O2S/c1-27-13-5-12-23-18(26)14-28-21-19(15-8-10-17(22)11-9-15)24-20(25-21)16-6-3-2-4-7-16/h2-4,6-11H,5,12-14H2,1H3,(H,23,26)(H,24,25). The second kappa shape index (κ2) is 10.1. The van der Waals surface area contributed by atoms with Gasteiger partial charge in [0.15, 0.2) is 0 Å². The van der Waals surface area contributed by atoms with Gasteiger partial charge in [0, 0.05) is 31.4 Å². The fourth-order valence-electron chi connectivity index (χ4n) is 2.64. The molecular formula is C21H22FN3O2S. The summed E-state index contributed by atoms with van der Waals surface area (Å²) >= 11 is 1.35. The number of nitrogens with one attached hydrogen (secondary N) is 2. The molecule has 0 aliphatic carbocycles. The second-order valence-corrected chi connectivity index (χ2v) is 7.09. The molecule has 2 N–H and O–H groups in total. The first kappa shape index (κ1) is 20.1. The number of H-pyrrole nitrogens is 1. The number of amides is 1. The summed E-state index contributed by atoms with van der Waals surface area (Å²) in [6, 6.07) is 16.0. The highest BCUT2D eigenvalue weighted by atomic mass is 32.2. The normalized spacial score (nSPS) is 10.8. The topological polar surface area (TPSA) is 67.0 Å². The molecule has 0 bridgehead atoms. The lowest BCUT2D eigenvalue weighted by atomic mass is 10.2. The Hall–Kier alpha value is -2.64. The number of carbonyl (C=O) groups excluding carboxylic acids is 1. The van der Waals surface area contributed by atoms with Gasteiger partial charge in [-0.05, 0) is 30.7 Å². The van der Waals surface area contributed by atoms with Crippen LogP contribution in [0, 0.1) is 5.82 Å². The van der Waals surface area contributed by atoms with Gasteiger partial charge in [-0.15, -0.1) is 0 Å². The Kier molecular flexibility index (Phi) is 7.22. The molecule has 7 heteroatoms. The Bertz CT molecular complexity index is 898. The maximum atomic E-state index is 13.3.